The van der Waals surface area contributed by atoms with Gasteiger partial charge >= 0.3 is 35.5 Å². The topological polar surface area (TPSA) is 49.3 Å². The van der Waals surface area contributed by atoms with Gasteiger partial charge in [0.2, 0.25) is 0 Å². The van der Waals surface area contributed by atoms with Crippen LogP contribution in [0.1, 0.15) is 118 Å². The molecular formula is C21H44NNaO2. The van der Waals surface area contributed by atoms with Crippen molar-refractivity contribution in [1.29, 1.82) is 0 Å². The second-order valence-corrected chi connectivity index (χ2v) is 7.20. The Morgan fingerprint density at radius 3 is 1.40 bits per heavy atom. The molecule has 0 aromatic rings. The third kappa shape index (κ3) is 26.8. The minimum Gasteiger partial charge on any atom is -1.00 e. The SMILES string of the molecule is CCCCCCCCCCCCCCCCCCNCCC(=O)O.[H-].[Na+]. The summed E-state index contributed by atoms with van der Waals surface area (Å²) in [6.45, 7) is 3.85. The van der Waals surface area contributed by atoms with Crippen LogP contribution < -0.4 is 34.9 Å². The third-order valence-electron chi connectivity index (χ3n) is 4.72. The van der Waals surface area contributed by atoms with E-state index in [2.05, 4.69) is 12.2 Å². The van der Waals surface area contributed by atoms with Gasteiger partial charge in [-0.3, -0.25) is 4.79 Å². The minimum absolute atomic E-state index is 0. The zero-order chi connectivity index (χ0) is 17.7. The molecule has 0 rings (SSSR count). The summed E-state index contributed by atoms with van der Waals surface area (Å²) in [5.74, 6) is -0.713. The summed E-state index contributed by atoms with van der Waals surface area (Å²) in [5, 5.41) is 11.7. The van der Waals surface area contributed by atoms with Crippen molar-refractivity contribution in [1.82, 2.24) is 5.32 Å². The number of nitrogens with one attached hydrogen (secondary N) is 1. The van der Waals surface area contributed by atoms with Gasteiger partial charge in [0.15, 0.2) is 0 Å². The second kappa shape index (κ2) is 24.4. The molecule has 0 fully saturated rings. The van der Waals surface area contributed by atoms with Crippen LogP contribution in [0.4, 0.5) is 0 Å². The van der Waals surface area contributed by atoms with Crippen molar-refractivity contribution < 1.29 is 40.9 Å². The molecule has 0 aliphatic heterocycles. The number of carboxylic acids is 1. The van der Waals surface area contributed by atoms with Gasteiger partial charge in [-0.1, -0.05) is 103 Å². The third-order valence-corrected chi connectivity index (χ3v) is 4.72. The standard InChI is InChI=1S/C21H43NO2.Na.H/c1-2-3-4-5-6-7-8-9-10-11-12-13-14-15-16-17-19-22-20-18-21(23)24;;/h22H,2-20H2,1H3,(H,23,24);;/q;+1;-1. The molecule has 3 nitrogen and oxygen atoms in total. The Bertz CT molecular complexity index is 268. The van der Waals surface area contributed by atoms with E-state index in [-0.39, 0.29) is 37.4 Å². The van der Waals surface area contributed by atoms with E-state index in [1.165, 1.54) is 103 Å². The maximum atomic E-state index is 10.3. The molecule has 0 saturated heterocycles. The van der Waals surface area contributed by atoms with E-state index in [9.17, 15) is 4.79 Å². The van der Waals surface area contributed by atoms with Crippen LogP contribution in [0.5, 0.6) is 0 Å². The van der Waals surface area contributed by atoms with Gasteiger partial charge in [-0.25, -0.2) is 0 Å². The largest absolute Gasteiger partial charge is 1.00 e. The van der Waals surface area contributed by atoms with Gasteiger partial charge in [0.05, 0.1) is 6.42 Å². The van der Waals surface area contributed by atoms with Crippen LogP contribution in [0.15, 0.2) is 0 Å². The van der Waals surface area contributed by atoms with Crippen LogP contribution in [-0.2, 0) is 4.79 Å². The molecule has 0 aliphatic rings. The van der Waals surface area contributed by atoms with Gasteiger partial charge in [0.1, 0.15) is 0 Å². The van der Waals surface area contributed by atoms with Crippen LogP contribution in [0.25, 0.3) is 0 Å². The van der Waals surface area contributed by atoms with Crippen LogP contribution in [0, 0.1) is 0 Å². The van der Waals surface area contributed by atoms with Crippen LogP contribution in [0.2, 0.25) is 0 Å². The first-order chi connectivity index (χ1) is 11.8. The van der Waals surface area contributed by atoms with E-state index in [4.69, 9.17) is 5.11 Å². The van der Waals surface area contributed by atoms with Crippen LogP contribution in [0.3, 0.4) is 0 Å². The Balaban J connectivity index is -0.00000264. The molecular weight excluding hydrogens is 321 g/mol. The van der Waals surface area contributed by atoms with Gasteiger partial charge in [0, 0.05) is 6.54 Å². The Labute approximate surface area is 180 Å². The molecule has 0 spiro atoms. The summed E-state index contributed by atoms with van der Waals surface area (Å²) < 4.78 is 0. The molecule has 0 atom stereocenters. The Hall–Kier alpha value is 0.430. The maximum absolute atomic E-state index is 10.3. The van der Waals surface area contributed by atoms with Crippen molar-refractivity contribution in [3.8, 4) is 0 Å². The molecule has 0 aromatic heterocycles. The zero-order valence-electron chi connectivity index (χ0n) is 18.3. The first-order valence-electron chi connectivity index (χ1n) is 10.7. The Morgan fingerprint density at radius 1 is 0.680 bits per heavy atom. The van der Waals surface area contributed by atoms with Gasteiger partial charge in [-0.2, -0.15) is 0 Å². The Morgan fingerprint density at radius 2 is 1.04 bits per heavy atom. The van der Waals surface area contributed by atoms with Crippen LogP contribution in [-0.4, -0.2) is 24.2 Å². The fraction of sp³-hybridized carbons (Fsp3) is 0.952. The van der Waals surface area contributed by atoms with E-state index in [1.807, 2.05) is 0 Å². The molecule has 0 bridgehead atoms. The first-order valence-corrected chi connectivity index (χ1v) is 10.7. The number of carbonyl (C=O) groups is 1. The molecule has 2 N–H and O–H groups in total. The summed E-state index contributed by atoms with van der Waals surface area (Å²) in [6.07, 6.45) is 22.5. The Kier molecular flexibility index (Phi) is 27.0. The van der Waals surface area contributed by atoms with Crippen molar-refractivity contribution in [2.45, 2.75) is 116 Å². The van der Waals surface area contributed by atoms with Crippen molar-refractivity contribution >= 4 is 5.97 Å². The molecule has 0 saturated carbocycles. The van der Waals surface area contributed by atoms with E-state index >= 15 is 0 Å². The van der Waals surface area contributed by atoms with Crippen molar-refractivity contribution in [2.75, 3.05) is 13.1 Å². The quantitative estimate of drug-likeness (QED) is 0.257. The molecule has 0 amide bonds. The number of carboxylic acid groups (broad SMARTS) is 1. The molecule has 0 unspecified atom stereocenters. The van der Waals surface area contributed by atoms with Gasteiger partial charge in [-0.15, -0.1) is 0 Å². The van der Waals surface area contributed by atoms with Crippen molar-refractivity contribution in [2.24, 2.45) is 0 Å². The molecule has 146 valence electrons. The summed E-state index contributed by atoms with van der Waals surface area (Å²) >= 11 is 0. The first kappa shape index (κ1) is 27.6. The monoisotopic (exact) mass is 365 g/mol. The molecule has 0 heterocycles. The average Bonchev–Trinajstić information content (AvgIpc) is 2.56. The van der Waals surface area contributed by atoms with E-state index < -0.39 is 5.97 Å². The molecule has 0 aliphatic carbocycles. The van der Waals surface area contributed by atoms with Gasteiger partial charge < -0.3 is 11.8 Å². The van der Waals surface area contributed by atoms with Crippen molar-refractivity contribution in [3.05, 3.63) is 0 Å². The zero-order valence-corrected chi connectivity index (χ0v) is 19.3. The van der Waals surface area contributed by atoms with E-state index in [0.29, 0.717) is 6.54 Å². The second-order valence-electron chi connectivity index (χ2n) is 7.20. The molecule has 0 aromatic carbocycles. The summed E-state index contributed by atoms with van der Waals surface area (Å²) in [4.78, 5) is 10.3. The normalized spacial score (nSPS) is 10.6. The number of aliphatic carboxylic acids is 1. The van der Waals surface area contributed by atoms with E-state index in [0.717, 1.165) is 6.54 Å². The molecule has 0 radical (unpaired) electrons. The predicted octanol–water partition coefficient (Wildman–Crippen LogP) is 3.43. The summed E-state index contributed by atoms with van der Waals surface area (Å²) in [6, 6.07) is 0. The number of hydrogen-bond acceptors (Lipinski definition) is 2. The summed E-state index contributed by atoms with van der Waals surface area (Å²) in [7, 11) is 0. The molecule has 25 heavy (non-hydrogen) atoms. The van der Waals surface area contributed by atoms with Crippen LogP contribution >= 0.6 is 0 Å². The van der Waals surface area contributed by atoms with Gasteiger partial charge in [0.25, 0.3) is 0 Å². The maximum Gasteiger partial charge on any atom is 1.00 e. The number of unbranched alkanes of at least 4 members (excludes halogenated alkanes) is 15. The smallest absolute Gasteiger partial charge is 1.00 e. The minimum atomic E-state index is -0.713. The predicted molar refractivity (Wildman–Crippen MR) is 106 cm³/mol. The fourth-order valence-electron chi connectivity index (χ4n) is 3.12. The van der Waals surface area contributed by atoms with Gasteiger partial charge in [-0.05, 0) is 13.0 Å². The molecule has 4 heteroatoms. The number of rotatable bonds is 20. The average molecular weight is 366 g/mol. The number of hydrogen-bond donors (Lipinski definition) is 2. The summed E-state index contributed by atoms with van der Waals surface area (Å²) in [5.41, 5.74) is 0. The van der Waals surface area contributed by atoms with E-state index in [1.54, 1.807) is 0 Å². The van der Waals surface area contributed by atoms with Crippen molar-refractivity contribution in [3.63, 3.8) is 0 Å². The fourth-order valence-corrected chi connectivity index (χ4v) is 3.12.